The van der Waals surface area contributed by atoms with Gasteiger partial charge in [-0.25, -0.2) is 9.97 Å². The fraction of sp³-hybridized carbons (Fsp3) is 0.714. The predicted molar refractivity (Wildman–Crippen MR) is 77.6 cm³/mol. The maximum Gasteiger partial charge on any atom is 0.132 e. The topological polar surface area (TPSA) is 59.1 Å². The first-order valence-electron chi connectivity index (χ1n) is 7.13. The monoisotopic (exact) mass is 264 g/mol. The van der Waals surface area contributed by atoms with Crippen molar-refractivity contribution in [2.24, 2.45) is 0 Å². The molecule has 1 fully saturated rings. The third kappa shape index (κ3) is 4.67. The summed E-state index contributed by atoms with van der Waals surface area (Å²) in [6.07, 6.45) is 6.50. The van der Waals surface area contributed by atoms with E-state index in [4.69, 9.17) is 4.74 Å². The van der Waals surface area contributed by atoms with E-state index in [1.807, 2.05) is 13.0 Å². The molecule has 1 saturated carbocycles. The summed E-state index contributed by atoms with van der Waals surface area (Å²) in [5.74, 6) is 2.59. The number of nitrogens with one attached hydrogen (secondary N) is 2. The van der Waals surface area contributed by atoms with Crippen LogP contribution in [0.3, 0.4) is 0 Å². The van der Waals surface area contributed by atoms with E-state index in [2.05, 4.69) is 20.6 Å². The molecule has 5 nitrogen and oxygen atoms in total. The van der Waals surface area contributed by atoms with Gasteiger partial charge in [0.25, 0.3) is 0 Å². The third-order valence-electron chi connectivity index (χ3n) is 3.41. The highest BCUT2D eigenvalue weighted by molar-refractivity contribution is 5.48. The van der Waals surface area contributed by atoms with Crippen molar-refractivity contribution in [3.8, 4) is 0 Å². The zero-order valence-electron chi connectivity index (χ0n) is 11.9. The second kappa shape index (κ2) is 7.28. The molecule has 1 aliphatic carbocycles. The minimum Gasteiger partial charge on any atom is -0.383 e. The van der Waals surface area contributed by atoms with Crippen LogP contribution in [0.1, 0.15) is 37.9 Å². The number of anilines is 2. The Morgan fingerprint density at radius 2 is 1.95 bits per heavy atom. The fourth-order valence-corrected chi connectivity index (χ4v) is 2.47. The van der Waals surface area contributed by atoms with E-state index in [-0.39, 0.29) is 0 Å². The molecule has 0 radical (unpaired) electrons. The van der Waals surface area contributed by atoms with Gasteiger partial charge in [-0.1, -0.05) is 19.3 Å². The highest BCUT2D eigenvalue weighted by Crippen LogP contribution is 2.21. The van der Waals surface area contributed by atoms with Crippen LogP contribution in [0.25, 0.3) is 0 Å². The molecule has 0 aliphatic heterocycles. The minimum atomic E-state index is 0.565. The van der Waals surface area contributed by atoms with Crippen LogP contribution in [0.4, 0.5) is 11.6 Å². The minimum absolute atomic E-state index is 0.565. The average Bonchev–Trinajstić information content (AvgIpc) is 2.39. The lowest BCUT2D eigenvalue weighted by Crippen LogP contribution is -2.23. The van der Waals surface area contributed by atoms with Gasteiger partial charge in [-0.05, 0) is 19.8 Å². The normalized spacial score (nSPS) is 16.3. The van der Waals surface area contributed by atoms with E-state index < -0.39 is 0 Å². The van der Waals surface area contributed by atoms with E-state index in [0.717, 1.165) is 24.0 Å². The van der Waals surface area contributed by atoms with Crippen LogP contribution in [0.15, 0.2) is 6.07 Å². The Bertz CT molecular complexity index is 391. The molecule has 0 bridgehead atoms. The van der Waals surface area contributed by atoms with Gasteiger partial charge in [0, 0.05) is 25.8 Å². The highest BCUT2D eigenvalue weighted by Gasteiger charge is 2.14. The van der Waals surface area contributed by atoms with Crippen LogP contribution in [0, 0.1) is 6.92 Å². The Labute approximate surface area is 115 Å². The highest BCUT2D eigenvalue weighted by atomic mass is 16.5. The molecule has 1 heterocycles. The van der Waals surface area contributed by atoms with E-state index in [1.165, 1.54) is 32.1 Å². The standard InChI is InChI=1S/C14H24N4O/c1-11-16-13(15-8-9-19-2)10-14(17-11)18-12-6-4-3-5-7-12/h10,12H,3-9H2,1-2H3,(H2,15,16,17,18). The Balaban J connectivity index is 1.95. The number of ether oxygens (including phenoxy) is 1. The maximum atomic E-state index is 5.02. The van der Waals surface area contributed by atoms with Crippen molar-refractivity contribution < 1.29 is 4.74 Å². The van der Waals surface area contributed by atoms with Crippen molar-refractivity contribution in [2.45, 2.75) is 45.1 Å². The lowest BCUT2D eigenvalue weighted by molar-refractivity contribution is 0.210. The summed E-state index contributed by atoms with van der Waals surface area (Å²) in [6, 6.07) is 2.55. The molecule has 0 atom stereocenters. The summed E-state index contributed by atoms with van der Waals surface area (Å²) in [7, 11) is 1.70. The second-order valence-corrected chi connectivity index (χ2v) is 5.08. The molecule has 19 heavy (non-hydrogen) atoms. The summed E-state index contributed by atoms with van der Waals surface area (Å²) in [4.78, 5) is 8.84. The van der Waals surface area contributed by atoms with Gasteiger partial charge in [-0.2, -0.15) is 0 Å². The van der Waals surface area contributed by atoms with E-state index in [1.54, 1.807) is 7.11 Å². The molecule has 1 aromatic rings. The number of rotatable bonds is 6. The largest absolute Gasteiger partial charge is 0.383 e. The molecule has 1 aromatic heterocycles. The van der Waals surface area contributed by atoms with Crippen LogP contribution in [-0.4, -0.2) is 36.3 Å². The Kier molecular flexibility index (Phi) is 5.39. The number of hydrogen-bond acceptors (Lipinski definition) is 5. The van der Waals surface area contributed by atoms with Crippen molar-refractivity contribution in [2.75, 3.05) is 30.9 Å². The number of aryl methyl sites for hydroxylation is 1. The maximum absolute atomic E-state index is 5.02. The molecule has 0 aromatic carbocycles. The zero-order valence-corrected chi connectivity index (χ0v) is 11.9. The van der Waals surface area contributed by atoms with E-state index in [0.29, 0.717) is 12.6 Å². The zero-order chi connectivity index (χ0) is 13.5. The summed E-state index contributed by atoms with van der Waals surface area (Å²) in [5.41, 5.74) is 0. The lowest BCUT2D eigenvalue weighted by Gasteiger charge is -2.23. The van der Waals surface area contributed by atoms with Gasteiger partial charge in [0.05, 0.1) is 6.61 Å². The molecular weight excluding hydrogens is 240 g/mol. The average molecular weight is 264 g/mol. The number of aromatic nitrogens is 2. The molecule has 0 saturated heterocycles. The van der Waals surface area contributed by atoms with Gasteiger partial charge in [0.1, 0.15) is 17.5 Å². The third-order valence-corrected chi connectivity index (χ3v) is 3.41. The summed E-state index contributed by atoms with van der Waals surface area (Å²) >= 11 is 0. The van der Waals surface area contributed by atoms with Gasteiger partial charge in [-0.3, -0.25) is 0 Å². The Morgan fingerprint density at radius 1 is 1.21 bits per heavy atom. The van der Waals surface area contributed by atoms with Gasteiger partial charge in [-0.15, -0.1) is 0 Å². The van der Waals surface area contributed by atoms with Gasteiger partial charge in [0.2, 0.25) is 0 Å². The molecule has 0 spiro atoms. The van der Waals surface area contributed by atoms with Gasteiger partial charge < -0.3 is 15.4 Å². The predicted octanol–water partition coefficient (Wildman–Crippen LogP) is 2.59. The van der Waals surface area contributed by atoms with E-state index >= 15 is 0 Å². The van der Waals surface area contributed by atoms with Crippen LogP contribution in [0.2, 0.25) is 0 Å². The summed E-state index contributed by atoms with van der Waals surface area (Å²) in [6.45, 7) is 3.36. The Morgan fingerprint density at radius 3 is 2.68 bits per heavy atom. The second-order valence-electron chi connectivity index (χ2n) is 5.08. The van der Waals surface area contributed by atoms with E-state index in [9.17, 15) is 0 Å². The smallest absolute Gasteiger partial charge is 0.132 e. The molecule has 0 unspecified atom stereocenters. The molecule has 2 rings (SSSR count). The summed E-state index contributed by atoms with van der Waals surface area (Å²) in [5, 5.41) is 6.78. The molecule has 106 valence electrons. The van der Waals surface area contributed by atoms with Crippen molar-refractivity contribution in [1.82, 2.24) is 9.97 Å². The van der Waals surface area contributed by atoms with Crippen LogP contribution in [0.5, 0.6) is 0 Å². The van der Waals surface area contributed by atoms with Crippen molar-refractivity contribution in [1.29, 1.82) is 0 Å². The first-order valence-corrected chi connectivity index (χ1v) is 7.13. The summed E-state index contributed by atoms with van der Waals surface area (Å²) < 4.78 is 5.02. The quantitative estimate of drug-likeness (QED) is 0.773. The van der Waals surface area contributed by atoms with Crippen molar-refractivity contribution in [3.05, 3.63) is 11.9 Å². The van der Waals surface area contributed by atoms with Crippen molar-refractivity contribution in [3.63, 3.8) is 0 Å². The molecule has 0 amide bonds. The van der Waals surface area contributed by atoms with Crippen molar-refractivity contribution >= 4 is 11.6 Å². The van der Waals surface area contributed by atoms with Crippen LogP contribution < -0.4 is 10.6 Å². The van der Waals surface area contributed by atoms with Crippen LogP contribution >= 0.6 is 0 Å². The lowest BCUT2D eigenvalue weighted by atomic mass is 9.95. The van der Waals surface area contributed by atoms with Crippen LogP contribution in [-0.2, 0) is 4.74 Å². The Hall–Kier alpha value is -1.36. The SMILES string of the molecule is COCCNc1cc(NC2CCCCC2)nc(C)n1. The first kappa shape index (κ1) is 14.1. The molecular formula is C14H24N4O. The first-order chi connectivity index (χ1) is 9.28. The molecule has 5 heteroatoms. The van der Waals surface area contributed by atoms with Gasteiger partial charge in [0.15, 0.2) is 0 Å². The van der Waals surface area contributed by atoms with Gasteiger partial charge >= 0.3 is 0 Å². The molecule has 1 aliphatic rings. The number of nitrogens with zero attached hydrogens (tertiary/aromatic N) is 2. The molecule has 2 N–H and O–H groups in total. The number of methoxy groups -OCH3 is 1. The fourth-order valence-electron chi connectivity index (χ4n) is 2.47. The number of hydrogen-bond donors (Lipinski definition) is 2.